The van der Waals surface area contributed by atoms with Gasteiger partial charge in [0.15, 0.2) is 0 Å². The van der Waals surface area contributed by atoms with Gasteiger partial charge in [0.05, 0.1) is 5.25 Å². The molecule has 0 bridgehead atoms. The first kappa shape index (κ1) is 24.2. The molecule has 7 heteroatoms. The van der Waals surface area contributed by atoms with Crippen LogP contribution in [0.5, 0.6) is 0 Å². The molecule has 1 fully saturated rings. The predicted molar refractivity (Wildman–Crippen MR) is 136 cm³/mol. The molecule has 35 heavy (non-hydrogen) atoms. The zero-order valence-corrected chi connectivity index (χ0v) is 20.0. The first-order chi connectivity index (χ1) is 17.0. The number of nitrogens with zero attached hydrogens (tertiary/aromatic N) is 2. The van der Waals surface area contributed by atoms with Gasteiger partial charge in [0, 0.05) is 12.2 Å². The third-order valence-corrected chi connectivity index (χ3v) is 6.94. The molecule has 1 atom stereocenters. The summed E-state index contributed by atoms with van der Waals surface area (Å²) >= 11 is 1.19. The van der Waals surface area contributed by atoms with Crippen LogP contribution >= 0.6 is 11.8 Å². The number of hydrogen-bond acceptors (Lipinski definition) is 4. The minimum absolute atomic E-state index is 0.0985. The number of rotatable bonds is 7. The van der Waals surface area contributed by atoms with Crippen LogP contribution in [0.2, 0.25) is 0 Å². The van der Waals surface area contributed by atoms with E-state index in [2.05, 4.69) is 5.32 Å². The summed E-state index contributed by atoms with van der Waals surface area (Å²) in [5.41, 5.74) is 3.40. The average molecular weight is 486 g/mol. The van der Waals surface area contributed by atoms with E-state index in [1.165, 1.54) is 28.8 Å². The Morgan fingerprint density at radius 1 is 1.03 bits per heavy atom. The van der Waals surface area contributed by atoms with E-state index in [9.17, 15) is 19.2 Å². The minimum atomic E-state index is -0.544. The largest absolute Gasteiger partial charge is 0.351 e. The summed E-state index contributed by atoms with van der Waals surface area (Å²) in [5, 5.41) is 12.5. The Morgan fingerprint density at radius 2 is 1.71 bits per heavy atom. The lowest BCUT2D eigenvalue weighted by molar-refractivity contribution is -0.117. The molecule has 0 spiro atoms. The number of halogens is 1. The number of nitriles is 1. The van der Waals surface area contributed by atoms with Gasteiger partial charge in [0.1, 0.15) is 22.5 Å². The molecule has 3 aromatic rings. The Hall–Kier alpha value is -3.89. The molecule has 2 amide bonds. The molecule has 0 radical (unpaired) electrons. The van der Waals surface area contributed by atoms with Crippen molar-refractivity contribution in [2.45, 2.75) is 25.0 Å². The average Bonchev–Trinajstić information content (AvgIpc) is 3.17. The number of thioether (sulfide) groups is 1. The fraction of sp³-hybridized carbons (Fsp3) is 0.179. The highest BCUT2D eigenvalue weighted by atomic mass is 32.2. The lowest BCUT2D eigenvalue weighted by Gasteiger charge is -2.19. The van der Waals surface area contributed by atoms with E-state index in [0.29, 0.717) is 30.1 Å². The van der Waals surface area contributed by atoms with Crippen molar-refractivity contribution in [3.8, 4) is 6.07 Å². The molecular weight excluding hydrogens is 461 g/mol. The van der Waals surface area contributed by atoms with Crippen LogP contribution < -0.4 is 10.2 Å². The smallest absolute Gasteiger partial charge is 0.264 e. The van der Waals surface area contributed by atoms with Crippen LogP contribution in [0.1, 0.15) is 16.7 Å². The van der Waals surface area contributed by atoms with Crippen molar-refractivity contribution in [2.24, 2.45) is 0 Å². The number of carbonyl (C=O) groups excluding carboxylic acids is 2. The van der Waals surface area contributed by atoms with Gasteiger partial charge in [0.2, 0.25) is 5.91 Å². The predicted octanol–water partition coefficient (Wildman–Crippen LogP) is 4.92. The highest BCUT2D eigenvalue weighted by molar-refractivity contribution is 8.05. The van der Waals surface area contributed by atoms with Crippen LogP contribution in [0.25, 0.3) is 0 Å². The highest BCUT2D eigenvalue weighted by Crippen LogP contribution is 2.42. The van der Waals surface area contributed by atoms with E-state index in [1.807, 2.05) is 55.5 Å². The van der Waals surface area contributed by atoms with E-state index >= 15 is 0 Å². The molecule has 0 aromatic heterocycles. The lowest BCUT2D eigenvalue weighted by atomic mass is 10.1. The summed E-state index contributed by atoms with van der Waals surface area (Å²) in [6.45, 7) is 2.31. The van der Waals surface area contributed by atoms with Gasteiger partial charge in [0.25, 0.3) is 5.91 Å². The molecule has 1 heterocycles. The van der Waals surface area contributed by atoms with E-state index in [-0.39, 0.29) is 17.3 Å². The van der Waals surface area contributed by atoms with Gasteiger partial charge in [-0.25, -0.2) is 4.39 Å². The van der Waals surface area contributed by atoms with Crippen molar-refractivity contribution in [1.82, 2.24) is 5.32 Å². The van der Waals surface area contributed by atoms with Crippen LogP contribution in [-0.4, -0.2) is 23.6 Å². The van der Waals surface area contributed by atoms with Gasteiger partial charge < -0.3 is 5.32 Å². The fourth-order valence-electron chi connectivity index (χ4n) is 3.80. The third kappa shape index (κ3) is 5.79. The molecule has 1 aliphatic heterocycles. The molecule has 0 aliphatic carbocycles. The van der Waals surface area contributed by atoms with Crippen molar-refractivity contribution >= 4 is 29.3 Å². The maximum Gasteiger partial charge on any atom is 0.264 e. The second-order valence-electron chi connectivity index (χ2n) is 8.23. The molecule has 0 unspecified atom stereocenters. The van der Waals surface area contributed by atoms with Crippen molar-refractivity contribution in [2.75, 3.05) is 11.4 Å². The Bertz CT molecular complexity index is 1280. The maximum absolute atomic E-state index is 13.5. The van der Waals surface area contributed by atoms with Crippen molar-refractivity contribution in [3.05, 3.63) is 112 Å². The second kappa shape index (κ2) is 11.0. The lowest BCUT2D eigenvalue weighted by Crippen LogP contribution is -2.32. The number of benzene rings is 3. The normalized spacial score (nSPS) is 16.7. The van der Waals surface area contributed by atoms with Crippen LogP contribution in [0.15, 0.2) is 89.5 Å². The first-order valence-electron chi connectivity index (χ1n) is 11.2. The summed E-state index contributed by atoms with van der Waals surface area (Å²) in [7, 11) is 0. The van der Waals surface area contributed by atoms with E-state index in [1.54, 1.807) is 24.3 Å². The number of hydrogen-bond donors (Lipinski definition) is 1. The Balaban J connectivity index is 1.61. The van der Waals surface area contributed by atoms with Crippen molar-refractivity contribution in [1.29, 1.82) is 5.26 Å². The van der Waals surface area contributed by atoms with Gasteiger partial charge in [-0.15, -0.1) is 0 Å². The van der Waals surface area contributed by atoms with Gasteiger partial charge >= 0.3 is 0 Å². The SMILES string of the molecule is Cc1ccc(N2C(=O)[C@@H](Cc3ccc(F)cc3)S/C2=C(/C#N)C(=O)NCCc2ccccc2)cc1. The summed E-state index contributed by atoms with van der Waals surface area (Å²) in [4.78, 5) is 27.9. The van der Waals surface area contributed by atoms with E-state index < -0.39 is 11.2 Å². The molecular formula is C28H24FN3O2S. The summed E-state index contributed by atoms with van der Waals surface area (Å²) in [6.07, 6.45) is 0.978. The second-order valence-corrected chi connectivity index (χ2v) is 9.42. The van der Waals surface area contributed by atoms with Crippen LogP contribution in [0.4, 0.5) is 10.1 Å². The van der Waals surface area contributed by atoms with Gasteiger partial charge in [-0.2, -0.15) is 5.26 Å². The van der Waals surface area contributed by atoms with E-state index in [0.717, 1.165) is 16.7 Å². The molecule has 0 saturated carbocycles. The quantitative estimate of drug-likeness (QED) is 0.381. The summed E-state index contributed by atoms with van der Waals surface area (Å²) in [6, 6.07) is 25.1. The molecule has 1 saturated heterocycles. The van der Waals surface area contributed by atoms with E-state index in [4.69, 9.17) is 0 Å². The molecule has 4 rings (SSSR count). The number of anilines is 1. The minimum Gasteiger partial charge on any atom is -0.351 e. The van der Waals surface area contributed by atoms with Gasteiger partial charge in [-0.1, -0.05) is 71.9 Å². The molecule has 176 valence electrons. The van der Waals surface area contributed by atoms with Crippen molar-refractivity contribution < 1.29 is 14.0 Å². The first-order valence-corrected chi connectivity index (χ1v) is 12.1. The molecule has 1 aliphatic rings. The molecule has 5 nitrogen and oxygen atoms in total. The number of aryl methyl sites for hydroxylation is 1. The summed E-state index contributed by atoms with van der Waals surface area (Å²) < 4.78 is 13.3. The standard InChI is InChI=1S/C28H24FN3O2S/c1-19-7-13-23(14-8-19)32-27(34)25(17-21-9-11-22(29)12-10-21)35-28(32)24(18-30)26(33)31-16-15-20-5-3-2-4-6-20/h2-14,25H,15-17H2,1H3,(H,31,33)/b28-24-/t25-/m1/s1. The fourth-order valence-corrected chi connectivity index (χ4v) is 5.11. The summed E-state index contributed by atoms with van der Waals surface area (Å²) in [5.74, 6) is -1.08. The Labute approximate surface area is 208 Å². The zero-order valence-electron chi connectivity index (χ0n) is 19.2. The number of amides is 2. The number of nitrogens with one attached hydrogen (secondary N) is 1. The van der Waals surface area contributed by atoms with Gasteiger partial charge in [-0.05, 0) is 55.2 Å². The number of carbonyl (C=O) groups is 2. The Kier molecular flexibility index (Phi) is 7.64. The van der Waals surface area contributed by atoms with Crippen LogP contribution in [0.3, 0.4) is 0 Å². The topological polar surface area (TPSA) is 73.2 Å². The highest BCUT2D eigenvalue weighted by Gasteiger charge is 2.40. The van der Waals surface area contributed by atoms with Crippen LogP contribution in [0, 0.1) is 24.1 Å². The maximum atomic E-state index is 13.5. The zero-order chi connectivity index (χ0) is 24.8. The van der Waals surface area contributed by atoms with Crippen LogP contribution in [-0.2, 0) is 22.4 Å². The third-order valence-electron chi connectivity index (χ3n) is 5.67. The Morgan fingerprint density at radius 3 is 2.37 bits per heavy atom. The van der Waals surface area contributed by atoms with Crippen molar-refractivity contribution in [3.63, 3.8) is 0 Å². The molecule has 3 aromatic carbocycles. The monoisotopic (exact) mass is 485 g/mol. The molecule has 1 N–H and O–H groups in total. The van der Waals surface area contributed by atoms with Gasteiger partial charge in [-0.3, -0.25) is 14.5 Å².